The van der Waals surface area contributed by atoms with Gasteiger partial charge in [0.2, 0.25) is 5.91 Å². The standard InChI is InChI=1S/C14H17NO5/c1-8(13(18)14(19)20-3)12(17)10-4-6-11(7-5-10)15-9(2)16/h4-8,13,18H,1-3H3,(H,15,16). The van der Waals surface area contributed by atoms with Crippen LogP contribution >= 0.6 is 0 Å². The van der Waals surface area contributed by atoms with E-state index in [4.69, 9.17) is 0 Å². The van der Waals surface area contributed by atoms with Crippen molar-refractivity contribution in [3.63, 3.8) is 0 Å². The molecule has 2 N–H and O–H groups in total. The van der Waals surface area contributed by atoms with Gasteiger partial charge in [0, 0.05) is 18.2 Å². The third-order valence-electron chi connectivity index (χ3n) is 2.82. The van der Waals surface area contributed by atoms with Crippen molar-refractivity contribution in [3.05, 3.63) is 29.8 Å². The molecule has 1 rings (SSSR count). The smallest absolute Gasteiger partial charge is 0.335 e. The number of ether oxygens (including phenoxy) is 1. The average Bonchev–Trinajstić information content (AvgIpc) is 2.44. The Kier molecular flexibility index (Phi) is 5.40. The molecule has 1 amide bonds. The third kappa shape index (κ3) is 3.89. The van der Waals surface area contributed by atoms with Gasteiger partial charge in [-0.15, -0.1) is 0 Å². The molecule has 0 radical (unpaired) electrons. The molecular formula is C14H17NO5. The van der Waals surface area contributed by atoms with E-state index in [0.29, 0.717) is 11.3 Å². The Balaban J connectivity index is 2.81. The molecule has 6 nitrogen and oxygen atoms in total. The molecule has 108 valence electrons. The predicted octanol–water partition coefficient (Wildman–Crippen LogP) is 0.998. The van der Waals surface area contributed by atoms with Crippen LogP contribution in [0.4, 0.5) is 5.69 Å². The van der Waals surface area contributed by atoms with Crippen molar-refractivity contribution in [2.75, 3.05) is 12.4 Å². The lowest BCUT2D eigenvalue weighted by Crippen LogP contribution is -2.33. The molecule has 0 saturated heterocycles. The number of aliphatic hydroxyl groups is 1. The molecule has 0 spiro atoms. The lowest BCUT2D eigenvalue weighted by Gasteiger charge is -2.15. The molecule has 20 heavy (non-hydrogen) atoms. The number of methoxy groups -OCH3 is 1. The summed E-state index contributed by atoms with van der Waals surface area (Å²) in [5, 5.41) is 12.2. The van der Waals surface area contributed by atoms with E-state index in [9.17, 15) is 19.5 Å². The number of rotatable bonds is 5. The molecule has 2 unspecified atom stereocenters. The SMILES string of the molecule is COC(=O)C(O)C(C)C(=O)c1ccc(NC(C)=O)cc1. The molecule has 0 heterocycles. The summed E-state index contributed by atoms with van der Waals surface area (Å²) in [5.41, 5.74) is 0.907. The number of aliphatic hydroxyl groups excluding tert-OH is 1. The van der Waals surface area contributed by atoms with Crippen molar-refractivity contribution in [2.24, 2.45) is 5.92 Å². The van der Waals surface area contributed by atoms with E-state index in [-0.39, 0.29) is 11.7 Å². The lowest BCUT2D eigenvalue weighted by molar-refractivity contribution is -0.152. The van der Waals surface area contributed by atoms with E-state index in [2.05, 4.69) is 10.1 Å². The minimum absolute atomic E-state index is 0.210. The number of hydrogen-bond donors (Lipinski definition) is 2. The predicted molar refractivity (Wildman–Crippen MR) is 72.3 cm³/mol. The van der Waals surface area contributed by atoms with Crippen LogP contribution in [0.5, 0.6) is 0 Å². The highest BCUT2D eigenvalue weighted by atomic mass is 16.5. The fourth-order valence-corrected chi connectivity index (χ4v) is 1.65. The number of benzene rings is 1. The van der Waals surface area contributed by atoms with Gasteiger partial charge in [0.1, 0.15) is 0 Å². The number of ketones is 1. The fourth-order valence-electron chi connectivity index (χ4n) is 1.65. The number of anilines is 1. The van der Waals surface area contributed by atoms with E-state index in [1.807, 2.05) is 0 Å². The second-order valence-electron chi connectivity index (χ2n) is 4.38. The van der Waals surface area contributed by atoms with Gasteiger partial charge < -0.3 is 15.2 Å². The van der Waals surface area contributed by atoms with Gasteiger partial charge in [-0.3, -0.25) is 9.59 Å². The Hall–Kier alpha value is -2.21. The van der Waals surface area contributed by atoms with Crippen LogP contribution in [-0.2, 0) is 14.3 Å². The summed E-state index contributed by atoms with van der Waals surface area (Å²) in [7, 11) is 1.14. The van der Waals surface area contributed by atoms with Crippen molar-refractivity contribution < 1.29 is 24.2 Å². The van der Waals surface area contributed by atoms with Crippen LogP contribution in [0.25, 0.3) is 0 Å². The molecule has 0 aliphatic carbocycles. The van der Waals surface area contributed by atoms with Gasteiger partial charge in [-0.1, -0.05) is 6.92 Å². The number of carbonyl (C=O) groups excluding carboxylic acids is 3. The number of esters is 1. The van der Waals surface area contributed by atoms with Crippen LogP contribution in [0.3, 0.4) is 0 Å². The Morgan fingerprint density at radius 1 is 1.20 bits per heavy atom. The van der Waals surface area contributed by atoms with Gasteiger partial charge >= 0.3 is 5.97 Å². The Morgan fingerprint density at radius 2 is 1.75 bits per heavy atom. The van der Waals surface area contributed by atoms with Gasteiger partial charge in [0.15, 0.2) is 11.9 Å². The molecule has 1 aromatic rings. The van der Waals surface area contributed by atoms with E-state index in [1.165, 1.54) is 26.0 Å². The summed E-state index contributed by atoms with van der Waals surface area (Å²) in [4.78, 5) is 34.2. The normalized spacial score (nSPS) is 13.2. The number of nitrogens with one attached hydrogen (secondary N) is 1. The Labute approximate surface area is 116 Å². The molecule has 2 atom stereocenters. The lowest BCUT2D eigenvalue weighted by atomic mass is 9.94. The zero-order chi connectivity index (χ0) is 15.3. The Bertz CT molecular complexity index is 509. The summed E-state index contributed by atoms with van der Waals surface area (Å²) in [6.45, 7) is 2.83. The largest absolute Gasteiger partial charge is 0.467 e. The number of amides is 1. The minimum atomic E-state index is -1.50. The first-order valence-electron chi connectivity index (χ1n) is 6.04. The molecule has 6 heteroatoms. The Morgan fingerprint density at radius 3 is 2.20 bits per heavy atom. The molecule has 0 bridgehead atoms. The second kappa shape index (κ2) is 6.81. The van der Waals surface area contributed by atoms with Gasteiger partial charge in [0.05, 0.1) is 13.0 Å². The van der Waals surface area contributed by atoms with Crippen LogP contribution in [0, 0.1) is 5.92 Å². The monoisotopic (exact) mass is 279 g/mol. The van der Waals surface area contributed by atoms with E-state index >= 15 is 0 Å². The number of Topliss-reactive ketones (excluding diaryl/α,β-unsaturated/α-hetero) is 1. The van der Waals surface area contributed by atoms with Crippen molar-refractivity contribution >= 4 is 23.3 Å². The highest BCUT2D eigenvalue weighted by Crippen LogP contribution is 2.16. The maximum absolute atomic E-state index is 12.1. The van der Waals surface area contributed by atoms with Gasteiger partial charge in [-0.25, -0.2) is 4.79 Å². The van der Waals surface area contributed by atoms with E-state index in [0.717, 1.165) is 7.11 Å². The maximum Gasteiger partial charge on any atom is 0.335 e. The zero-order valence-electron chi connectivity index (χ0n) is 11.5. The molecule has 0 fully saturated rings. The second-order valence-corrected chi connectivity index (χ2v) is 4.38. The third-order valence-corrected chi connectivity index (χ3v) is 2.82. The minimum Gasteiger partial charge on any atom is -0.467 e. The summed E-state index contributed by atoms with van der Waals surface area (Å²) >= 11 is 0. The first kappa shape index (κ1) is 15.8. The fraction of sp³-hybridized carbons (Fsp3) is 0.357. The molecule has 0 aromatic heterocycles. The van der Waals surface area contributed by atoms with Crippen LogP contribution in [-0.4, -0.2) is 36.0 Å². The summed E-state index contributed by atoms with van der Waals surface area (Å²) in [6.07, 6.45) is -1.50. The van der Waals surface area contributed by atoms with Crippen molar-refractivity contribution in [3.8, 4) is 0 Å². The average molecular weight is 279 g/mol. The zero-order valence-corrected chi connectivity index (χ0v) is 11.5. The highest BCUT2D eigenvalue weighted by Gasteiger charge is 2.29. The van der Waals surface area contributed by atoms with Gasteiger partial charge in [0.25, 0.3) is 0 Å². The molecule has 0 saturated carbocycles. The van der Waals surface area contributed by atoms with Crippen LogP contribution in [0.2, 0.25) is 0 Å². The maximum atomic E-state index is 12.1. The summed E-state index contributed by atoms with van der Waals surface area (Å²) < 4.78 is 4.39. The van der Waals surface area contributed by atoms with Crippen molar-refractivity contribution in [2.45, 2.75) is 20.0 Å². The summed E-state index contributed by atoms with van der Waals surface area (Å²) in [6, 6.07) is 6.19. The van der Waals surface area contributed by atoms with Gasteiger partial charge in [-0.05, 0) is 24.3 Å². The molecular weight excluding hydrogens is 262 g/mol. The summed E-state index contributed by atoms with van der Waals surface area (Å²) in [5.74, 6) is -2.34. The van der Waals surface area contributed by atoms with E-state index in [1.54, 1.807) is 12.1 Å². The topological polar surface area (TPSA) is 92.7 Å². The number of hydrogen-bond acceptors (Lipinski definition) is 5. The highest BCUT2D eigenvalue weighted by molar-refractivity contribution is 6.00. The van der Waals surface area contributed by atoms with E-state index < -0.39 is 18.0 Å². The number of carbonyl (C=O) groups is 3. The van der Waals surface area contributed by atoms with Crippen LogP contribution in [0.1, 0.15) is 24.2 Å². The first-order chi connectivity index (χ1) is 9.36. The molecule has 0 aliphatic rings. The van der Waals surface area contributed by atoms with Crippen molar-refractivity contribution in [1.29, 1.82) is 0 Å². The van der Waals surface area contributed by atoms with Crippen LogP contribution in [0.15, 0.2) is 24.3 Å². The first-order valence-corrected chi connectivity index (χ1v) is 6.04. The van der Waals surface area contributed by atoms with Gasteiger partial charge in [-0.2, -0.15) is 0 Å². The molecule has 0 aliphatic heterocycles. The van der Waals surface area contributed by atoms with Crippen LogP contribution < -0.4 is 5.32 Å². The molecule has 1 aromatic carbocycles. The quantitative estimate of drug-likeness (QED) is 0.619. The van der Waals surface area contributed by atoms with Crippen molar-refractivity contribution in [1.82, 2.24) is 0 Å².